The number of carbonyl (C=O) groups is 2. The Morgan fingerprint density at radius 1 is 1.25 bits per heavy atom. The minimum atomic E-state index is -1.60. The molecule has 0 bridgehead atoms. The van der Waals surface area contributed by atoms with Crippen molar-refractivity contribution in [2.75, 3.05) is 42.5 Å². The number of aliphatic hydroxyl groups is 1. The number of hydrogen-bond acceptors (Lipinski definition) is 6. The van der Waals surface area contributed by atoms with E-state index < -0.39 is 23.4 Å². The monoisotopic (exact) mass is 514 g/mol. The number of halogens is 1. The van der Waals surface area contributed by atoms with E-state index in [1.807, 2.05) is 37.3 Å². The Morgan fingerprint density at radius 3 is 2.75 bits per heavy atom. The number of ether oxygens (including phenoxy) is 1. The van der Waals surface area contributed by atoms with Crippen molar-refractivity contribution in [3.8, 4) is 0 Å². The molecule has 10 heteroatoms. The van der Waals surface area contributed by atoms with E-state index in [1.54, 1.807) is 17.0 Å². The minimum Gasteiger partial charge on any atom is -0.442 e. The van der Waals surface area contributed by atoms with E-state index in [0.29, 0.717) is 49.0 Å². The normalized spacial score (nSPS) is 22.5. The molecule has 1 unspecified atom stereocenters. The fourth-order valence-electron chi connectivity index (χ4n) is 4.47. The van der Waals surface area contributed by atoms with Gasteiger partial charge in [0.1, 0.15) is 17.5 Å². The van der Waals surface area contributed by atoms with Crippen molar-refractivity contribution in [3.63, 3.8) is 0 Å². The fraction of sp³-hybridized carbons (Fsp3) is 0.423. The molecule has 3 N–H and O–H groups in total. The van der Waals surface area contributed by atoms with Crippen LogP contribution in [-0.4, -0.2) is 66.5 Å². The van der Waals surface area contributed by atoms with Gasteiger partial charge in [0, 0.05) is 32.5 Å². The Balaban J connectivity index is 1.44. The lowest BCUT2D eigenvalue weighted by molar-refractivity contribution is -0.140. The molecule has 192 valence electrons. The summed E-state index contributed by atoms with van der Waals surface area (Å²) in [6, 6.07) is 13.9. The molecule has 0 saturated carbocycles. The summed E-state index contributed by atoms with van der Waals surface area (Å²) in [7, 11) is 0. The van der Waals surface area contributed by atoms with E-state index in [1.165, 1.54) is 11.0 Å². The van der Waals surface area contributed by atoms with Crippen LogP contribution in [0.1, 0.15) is 25.3 Å². The van der Waals surface area contributed by atoms with E-state index in [0.717, 1.165) is 5.56 Å². The topological polar surface area (TPSA) is 94.1 Å². The number of anilines is 2. The summed E-state index contributed by atoms with van der Waals surface area (Å²) in [4.78, 5) is 28.9. The number of rotatable bonds is 7. The third-order valence-corrected chi connectivity index (χ3v) is 6.96. The zero-order valence-electron chi connectivity index (χ0n) is 20.2. The summed E-state index contributed by atoms with van der Waals surface area (Å²) < 4.78 is 20.6. The smallest absolute Gasteiger partial charge is 0.414 e. The molecule has 2 atom stereocenters. The van der Waals surface area contributed by atoms with Crippen LogP contribution in [0.2, 0.25) is 0 Å². The van der Waals surface area contributed by atoms with Gasteiger partial charge in [-0.15, -0.1) is 0 Å². The molecule has 2 heterocycles. The molecule has 2 aliphatic heterocycles. The first-order valence-corrected chi connectivity index (χ1v) is 12.5. The molecular weight excluding hydrogens is 483 g/mol. The van der Waals surface area contributed by atoms with Crippen molar-refractivity contribution in [3.05, 3.63) is 59.9 Å². The first-order valence-electron chi connectivity index (χ1n) is 12.1. The maximum atomic E-state index is 15.3. The number of cyclic esters (lactones) is 1. The van der Waals surface area contributed by atoms with Gasteiger partial charge >= 0.3 is 6.09 Å². The maximum Gasteiger partial charge on any atom is 0.414 e. The van der Waals surface area contributed by atoms with Crippen molar-refractivity contribution in [1.82, 2.24) is 10.6 Å². The van der Waals surface area contributed by atoms with Crippen LogP contribution in [0.15, 0.2) is 48.5 Å². The van der Waals surface area contributed by atoms with Gasteiger partial charge < -0.3 is 25.4 Å². The Morgan fingerprint density at radius 2 is 2.03 bits per heavy atom. The average Bonchev–Trinajstić information content (AvgIpc) is 3.24. The van der Waals surface area contributed by atoms with E-state index in [4.69, 9.17) is 17.0 Å². The Kier molecular flexibility index (Phi) is 8.05. The largest absolute Gasteiger partial charge is 0.442 e. The summed E-state index contributed by atoms with van der Waals surface area (Å²) in [5, 5.41) is 17.0. The van der Waals surface area contributed by atoms with Gasteiger partial charge in [-0.3, -0.25) is 9.69 Å². The van der Waals surface area contributed by atoms with Crippen LogP contribution in [0.25, 0.3) is 0 Å². The van der Waals surface area contributed by atoms with Crippen LogP contribution < -0.4 is 20.4 Å². The second kappa shape index (κ2) is 11.2. The van der Waals surface area contributed by atoms with Gasteiger partial charge in [-0.25, -0.2) is 9.18 Å². The Hall–Kier alpha value is -3.24. The summed E-state index contributed by atoms with van der Waals surface area (Å²) in [5.74, 6) is -0.911. The van der Waals surface area contributed by atoms with Gasteiger partial charge in [-0.05, 0) is 30.2 Å². The highest BCUT2D eigenvalue weighted by Gasteiger charge is 2.38. The van der Waals surface area contributed by atoms with E-state index in [-0.39, 0.29) is 25.5 Å². The first kappa shape index (κ1) is 25.8. The van der Waals surface area contributed by atoms with Gasteiger partial charge in [0.25, 0.3) is 5.91 Å². The number of nitrogens with zero attached hydrogens (tertiary/aromatic N) is 2. The molecule has 0 aliphatic carbocycles. The van der Waals surface area contributed by atoms with Crippen LogP contribution in [0.4, 0.5) is 20.6 Å². The Bertz CT molecular complexity index is 1120. The van der Waals surface area contributed by atoms with Crippen molar-refractivity contribution in [2.45, 2.75) is 37.9 Å². The number of carbonyl (C=O) groups excluding carboxylic acids is 2. The number of benzene rings is 2. The zero-order chi connectivity index (χ0) is 25.7. The highest BCUT2D eigenvalue weighted by atomic mass is 32.1. The quantitative estimate of drug-likeness (QED) is 0.489. The molecule has 2 amide bonds. The molecule has 2 aromatic carbocycles. The second-order valence-corrected chi connectivity index (χ2v) is 9.59. The summed E-state index contributed by atoms with van der Waals surface area (Å²) in [5.41, 5.74) is -0.00193. The lowest BCUT2D eigenvalue weighted by Crippen LogP contribution is -2.54. The van der Waals surface area contributed by atoms with E-state index >= 15 is 4.39 Å². The molecule has 2 saturated heterocycles. The van der Waals surface area contributed by atoms with Gasteiger partial charge in [0.15, 0.2) is 0 Å². The van der Waals surface area contributed by atoms with Crippen LogP contribution in [-0.2, 0) is 16.0 Å². The van der Waals surface area contributed by atoms with Crippen LogP contribution in [0.5, 0.6) is 0 Å². The maximum absolute atomic E-state index is 15.3. The second-order valence-electron chi connectivity index (χ2n) is 9.10. The predicted molar refractivity (Wildman–Crippen MR) is 140 cm³/mol. The first-order chi connectivity index (χ1) is 17.3. The number of hydrogen-bond donors (Lipinski definition) is 3. The summed E-state index contributed by atoms with van der Waals surface area (Å²) in [6.45, 7) is 3.59. The van der Waals surface area contributed by atoms with Gasteiger partial charge in [0.05, 0.1) is 29.5 Å². The zero-order valence-corrected chi connectivity index (χ0v) is 21.0. The van der Waals surface area contributed by atoms with Crippen LogP contribution in [0.3, 0.4) is 0 Å². The van der Waals surface area contributed by atoms with Gasteiger partial charge in [-0.1, -0.05) is 49.5 Å². The minimum absolute atomic E-state index is 0.141. The number of thiocarbonyl (C=S) groups is 1. The Labute approximate surface area is 215 Å². The highest BCUT2D eigenvalue weighted by molar-refractivity contribution is 7.80. The van der Waals surface area contributed by atoms with E-state index in [9.17, 15) is 14.7 Å². The summed E-state index contributed by atoms with van der Waals surface area (Å²) >= 11 is 5.15. The third kappa shape index (κ3) is 5.93. The van der Waals surface area contributed by atoms with Crippen molar-refractivity contribution >= 4 is 40.6 Å². The van der Waals surface area contributed by atoms with Crippen molar-refractivity contribution < 1.29 is 23.8 Å². The van der Waals surface area contributed by atoms with Gasteiger partial charge in [0.2, 0.25) is 0 Å². The van der Waals surface area contributed by atoms with E-state index in [2.05, 4.69) is 10.6 Å². The molecule has 4 rings (SSSR count). The highest BCUT2D eigenvalue weighted by Crippen LogP contribution is 2.29. The molecule has 0 spiro atoms. The molecule has 8 nitrogen and oxygen atoms in total. The van der Waals surface area contributed by atoms with Crippen molar-refractivity contribution in [2.24, 2.45) is 0 Å². The van der Waals surface area contributed by atoms with Crippen LogP contribution in [0, 0.1) is 5.82 Å². The standard InChI is InChI=1S/C26H31FN4O4S/c1-2-23(36)29-16-20-17-31(25(33)35-20)19-8-9-22(21(27)14-19)30-12-10-26(34,24(32)28-11-13-30)15-18-6-4-3-5-7-18/h3-9,14,20,34H,2,10-13,15-17H2,1H3,(H,28,32)(H,29,36)/t20-,26?/m0/s1. The molecule has 0 radical (unpaired) electrons. The average molecular weight is 515 g/mol. The molecule has 2 aliphatic rings. The van der Waals surface area contributed by atoms with Gasteiger partial charge in [-0.2, -0.15) is 0 Å². The number of nitrogens with one attached hydrogen (secondary N) is 2. The molecular formula is C26H31FN4O4S. The molecule has 36 heavy (non-hydrogen) atoms. The molecule has 0 aromatic heterocycles. The molecule has 2 aromatic rings. The predicted octanol–water partition coefficient (Wildman–Crippen LogP) is 2.78. The SMILES string of the molecule is CCC(=S)NC[C@H]1CN(c2ccc(N3CCNC(=O)C(O)(Cc4ccccc4)CC3)c(F)c2)C(=O)O1. The summed E-state index contributed by atoms with van der Waals surface area (Å²) in [6.07, 6.45) is 0.101. The molecule has 2 fully saturated rings. The lowest BCUT2D eigenvalue weighted by Gasteiger charge is -2.35. The third-order valence-electron chi connectivity index (χ3n) is 6.53. The van der Waals surface area contributed by atoms with Crippen molar-refractivity contribution in [1.29, 1.82) is 0 Å². The van der Waals surface area contributed by atoms with Crippen LogP contribution >= 0.6 is 12.2 Å². The fourth-order valence-corrected chi connectivity index (χ4v) is 4.55. The lowest BCUT2D eigenvalue weighted by atomic mass is 9.89. The number of amides is 2.